The first-order valence-electron chi connectivity index (χ1n) is 6.75. The van der Waals surface area contributed by atoms with E-state index in [0.29, 0.717) is 11.3 Å². The number of pyridine rings is 1. The van der Waals surface area contributed by atoms with Crippen LogP contribution in [-0.2, 0) is 0 Å². The number of benzene rings is 2. The maximum atomic E-state index is 12.8. The van der Waals surface area contributed by atoms with Crippen molar-refractivity contribution in [3.63, 3.8) is 0 Å². The molecule has 0 bridgehead atoms. The van der Waals surface area contributed by atoms with E-state index in [1.807, 2.05) is 48.5 Å². The smallest absolute Gasteiger partial charge is 0.215 e. The minimum atomic E-state index is -0.119. The van der Waals surface area contributed by atoms with E-state index in [-0.39, 0.29) is 5.78 Å². The van der Waals surface area contributed by atoms with Crippen LogP contribution in [0.15, 0.2) is 54.7 Å². The topological polar surface area (TPSA) is 58.6 Å². The zero-order valence-electron chi connectivity index (χ0n) is 11.4. The van der Waals surface area contributed by atoms with Crippen LogP contribution >= 0.6 is 22.6 Å². The van der Waals surface area contributed by atoms with Crippen LogP contribution in [0, 0.1) is 3.57 Å². The van der Waals surface area contributed by atoms with E-state index in [4.69, 9.17) is 0 Å². The highest BCUT2D eigenvalue weighted by molar-refractivity contribution is 14.1. The Morgan fingerprint density at radius 2 is 1.95 bits per heavy atom. The molecule has 0 amide bonds. The number of halogens is 1. The molecule has 22 heavy (non-hydrogen) atoms. The molecule has 0 aliphatic carbocycles. The molecule has 0 saturated carbocycles. The first-order chi connectivity index (χ1) is 10.7. The SMILES string of the molecule is O=C(c1cnc2ccccc2c1)c1n[nH]c2ccc(I)cc12. The van der Waals surface area contributed by atoms with Gasteiger partial charge in [0.25, 0.3) is 0 Å². The van der Waals surface area contributed by atoms with Gasteiger partial charge in [0, 0.05) is 26.1 Å². The van der Waals surface area contributed by atoms with Crippen LogP contribution in [0.2, 0.25) is 0 Å². The van der Waals surface area contributed by atoms with E-state index >= 15 is 0 Å². The number of nitrogens with zero attached hydrogens (tertiary/aromatic N) is 2. The molecule has 5 heteroatoms. The zero-order valence-corrected chi connectivity index (χ0v) is 13.5. The lowest BCUT2D eigenvalue weighted by Crippen LogP contribution is -2.03. The summed E-state index contributed by atoms with van der Waals surface area (Å²) >= 11 is 2.23. The number of rotatable bonds is 2. The number of ketones is 1. The summed E-state index contributed by atoms with van der Waals surface area (Å²) in [7, 11) is 0. The van der Waals surface area contributed by atoms with Crippen LogP contribution in [0.3, 0.4) is 0 Å². The molecule has 1 N–H and O–H groups in total. The Morgan fingerprint density at radius 1 is 1.09 bits per heavy atom. The third-order valence-corrected chi connectivity index (χ3v) is 4.26. The van der Waals surface area contributed by atoms with Gasteiger partial charge in [0.2, 0.25) is 5.78 Å². The van der Waals surface area contributed by atoms with Crippen molar-refractivity contribution >= 4 is 50.2 Å². The van der Waals surface area contributed by atoms with E-state index in [1.54, 1.807) is 6.20 Å². The van der Waals surface area contributed by atoms with Gasteiger partial charge in [0.05, 0.1) is 11.0 Å². The second kappa shape index (κ2) is 5.17. The highest BCUT2D eigenvalue weighted by atomic mass is 127. The van der Waals surface area contributed by atoms with Crippen LogP contribution in [0.4, 0.5) is 0 Å². The summed E-state index contributed by atoms with van der Waals surface area (Å²) in [5.74, 6) is -0.119. The summed E-state index contributed by atoms with van der Waals surface area (Å²) in [5, 5.41) is 8.88. The Labute approximate surface area is 139 Å². The highest BCUT2D eigenvalue weighted by Gasteiger charge is 2.17. The number of aromatic nitrogens is 3. The lowest BCUT2D eigenvalue weighted by molar-refractivity contribution is 0.103. The number of hydrogen-bond acceptors (Lipinski definition) is 3. The first-order valence-corrected chi connectivity index (χ1v) is 7.83. The van der Waals surface area contributed by atoms with Gasteiger partial charge in [-0.2, -0.15) is 5.10 Å². The molecule has 0 aliphatic heterocycles. The summed E-state index contributed by atoms with van der Waals surface area (Å²) < 4.78 is 1.07. The van der Waals surface area contributed by atoms with Gasteiger partial charge >= 0.3 is 0 Å². The van der Waals surface area contributed by atoms with Crippen molar-refractivity contribution in [2.75, 3.05) is 0 Å². The quantitative estimate of drug-likeness (QED) is 0.410. The minimum Gasteiger partial charge on any atom is -0.287 e. The van der Waals surface area contributed by atoms with E-state index in [1.165, 1.54) is 0 Å². The Balaban J connectivity index is 1.86. The summed E-state index contributed by atoms with van der Waals surface area (Å²) in [6, 6.07) is 15.5. The normalized spacial score (nSPS) is 11.1. The Morgan fingerprint density at radius 3 is 2.86 bits per heavy atom. The van der Waals surface area contributed by atoms with Crippen LogP contribution in [0.1, 0.15) is 16.1 Å². The molecular weight excluding hydrogens is 389 g/mol. The fourth-order valence-electron chi connectivity index (χ4n) is 2.49. The molecule has 0 spiro atoms. The zero-order chi connectivity index (χ0) is 15.1. The molecule has 4 rings (SSSR count). The molecule has 0 aliphatic rings. The van der Waals surface area contributed by atoms with Gasteiger partial charge < -0.3 is 0 Å². The number of H-pyrrole nitrogens is 1. The third kappa shape index (κ3) is 2.18. The van der Waals surface area contributed by atoms with Gasteiger partial charge in [-0.05, 0) is 52.9 Å². The number of carbonyl (C=O) groups excluding carboxylic acids is 1. The molecule has 0 radical (unpaired) electrons. The molecule has 4 nitrogen and oxygen atoms in total. The lowest BCUT2D eigenvalue weighted by atomic mass is 10.1. The molecule has 2 aromatic carbocycles. The average molecular weight is 399 g/mol. The van der Waals surface area contributed by atoms with Crippen molar-refractivity contribution in [3.05, 3.63) is 69.6 Å². The second-order valence-electron chi connectivity index (χ2n) is 5.01. The Hall–Kier alpha value is -2.28. The molecule has 0 saturated heterocycles. The van der Waals surface area contributed by atoms with Crippen LogP contribution in [-0.4, -0.2) is 21.0 Å². The summed E-state index contributed by atoms with van der Waals surface area (Å²) in [4.78, 5) is 17.1. The van der Waals surface area contributed by atoms with Crippen LogP contribution < -0.4 is 0 Å². The largest absolute Gasteiger partial charge is 0.287 e. The molecular formula is C17H10IN3O. The van der Waals surface area contributed by atoms with Gasteiger partial charge in [0.15, 0.2) is 0 Å². The standard InChI is InChI=1S/C17H10IN3O/c18-12-5-6-15-13(8-12)16(21-20-15)17(22)11-7-10-3-1-2-4-14(10)19-9-11/h1-9H,(H,20,21). The van der Waals surface area contributed by atoms with E-state index in [0.717, 1.165) is 25.4 Å². The molecule has 106 valence electrons. The number of hydrogen-bond donors (Lipinski definition) is 1. The van der Waals surface area contributed by atoms with Crippen molar-refractivity contribution in [2.24, 2.45) is 0 Å². The molecule has 0 unspecified atom stereocenters. The number of fused-ring (bicyclic) bond motifs is 2. The van der Waals surface area contributed by atoms with Gasteiger partial charge in [-0.15, -0.1) is 0 Å². The molecule has 2 heterocycles. The second-order valence-corrected chi connectivity index (χ2v) is 6.25. The van der Waals surface area contributed by atoms with Gasteiger partial charge in [0.1, 0.15) is 5.69 Å². The van der Waals surface area contributed by atoms with Crippen molar-refractivity contribution < 1.29 is 4.79 Å². The lowest BCUT2D eigenvalue weighted by Gasteiger charge is -2.01. The van der Waals surface area contributed by atoms with Crippen molar-refractivity contribution in [2.45, 2.75) is 0 Å². The molecule has 4 aromatic rings. The van der Waals surface area contributed by atoms with E-state index in [2.05, 4.69) is 37.8 Å². The molecule has 0 atom stereocenters. The van der Waals surface area contributed by atoms with E-state index in [9.17, 15) is 4.79 Å². The number of aromatic amines is 1. The van der Waals surface area contributed by atoms with Crippen molar-refractivity contribution in [1.82, 2.24) is 15.2 Å². The van der Waals surface area contributed by atoms with E-state index < -0.39 is 0 Å². The Kier molecular flexibility index (Phi) is 3.15. The number of para-hydroxylation sites is 1. The average Bonchev–Trinajstić information content (AvgIpc) is 2.96. The molecule has 0 fully saturated rings. The number of nitrogens with one attached hydrogen (secondary N) is 1. The summed E-state index contributed by atoms with van der Waals surface area (Å²) in [6.07, 6.45) is 1.61. The third-order valence-electron chi connectivity index (χ3n) is 3.59. The van der Waals surface area contributed by atoms with Crippen molar-refractivity contribution in [3.8, 4) is 0 Å². The van der Waals surface area contributed by atoms with Crippen LogP contribution in [0.5, 0.6) is 0 Å². The van der Waals surface area contributed by atoms with Crippen LogP contribution in [0.25, 0.3) is 21.8 Å². The predicted molar refractivity (Wildman–Crippen MR) is 94.0 cm³/mol. The summed E-state index contributed by atoms with van der Waals surface area (Å²) in [5.41, 5.74) is 2.72. The van der Waals surface area contributed by atoms with Gasteiger partial charge in [-0.3, -0.25) is 14.9 Å². The monoisotopic (exact) mass is 399 g/mol. The first kappa shape index (κ1) is 13.4. The number of carbonyl (C=O) groups is 1. The van der Waals surface area contributed by atoms with Gasteiger partial charge in [-0.1, -0.05) is 18.2 Å². The fourth-order valence-corrected chi connectivity index (χ4v) is 2.98. The predicted octanol–water partition coefficient (Wildman–Crippen LogP) is 3.95. The van der Waals surface area contributed by atoms with Crippen molar-refractivity contribution in [1.29, 1.82) is 0 Å². The maximum absolute atomic E-state index is 12.8. The highest BCUT2D eigenvalue weighted by Crippen LogP contribution is 2.22. The Bertz CT molecular complexity index is 1020. The molecule has 2 aromatic heterocycles. The summed E-state index contributed by atoms with van der Waals surface area (Å²) in [6.45, 7) is 0. The fraction of sp³-hybridized carbons (Fsp3) is 0. The van der Waals surface area contributed by atoms with Gasteiger partial charge in [-0.25, -0.2) is 0 Å². The minimum absolute atomic E-state index is 0.119. The maximum Gasteiger partial charge on any atom is 0.215 e.